The highest BCUT2D eigenvalue weighted by Crippen LogP contribution is 2.27. The van der Waals surface area contributed by atoms with Crippen LogP contribution in [0.5, 0.6) is 0 Å². The van der Waals surface area contributed by atoms with Crippen molar-refractivity contribution in [3.05, 3.63) is 0 Å². The molecule has 1 rings (SSSR count). The van der Waals surface area contributed by atoms with Gasteiger partial charge in [-0.2, -0.15) is 0 Å². The van der Waals surface area contributed by atoms with Crippen LogP contribution in [0.25, 0.3) is 0 Å². The Morgan fingerprint density at radius 1 is 1.55 bits per heavy atom. The fourth-order valence-electron chi connectivity index (χ4n) is 1.56. The third kappa shape index (κ3) is 3.17. The van der Waals surface area contributed by atoms with Crippen molar-refractivity contribution in [1.29, 1.82) is 0 Å². The van der Waals surface area contributed by atoms with E-state index < -0.39 is 0 Å². The molecule has 0 aliphatic heterocycles. The molecule has 1 atom stereocenters. The van der Waals surface area contributed by atoms with E-state index >= 15 is 0 Å². The number of rotatable bonds is 3. The maximum Gasteiger partial charge on any atom is 0.325 e. The molecule has 0 heterocycles. The Morgan fingerprint density at radius 3 is 2.73 bits per heavy atom. The molecule has 0 aromatic heterocycles. The molecule has 0 spiro atoms. The number of hydrogen-bond donors (Lipinski definition) is 1. The highest BCUT2D eigenvalue weighted by molar-refractivity contribution is 7.13. The van der Waals surface area contributed by atoms with Gasteiger partial charge in [0.15, 0.2) is 0 Å². The van der Waals surface area contributed by atoms with E-state index in [1.54, 1.807) is 0 Å². The van der Waals surface area contributed by atoms with Crippen molar-refractivity contribution in [1.82, 2.24) is 5.25 Å². The molecule has 0 aromatic rings. The average Bonchev–Trinajstić information content (AvgIpc) is 2.40. The summed E-state index contributed by atoms with van der Waals surface area (Å²) in [6, 6.07) is 0. The minimum Gasteiger partial charge on any atom is -0.368 e. The predicted molar refractivity (Wildman–Crippen MR) is 45.5 cm³/mol. The second-order valence-corrected chi connectivity index (χ2v) is 3.18. The second kappa shape index (κ2) is 4.68. The summed E-state index contributed by atoms with van der Waals surface area (Å²) >= 11 is 0. The van der Waals surface area contributed by atoms with Crippen LogP contribution in [0.4, 0.5) is 0 Å². The number of carbonyl (C=O) groups excluding carboxylic acids is 1. The third-order valence-corrected chi connectivity index (χ3v) is 2.22. The Balaban J connectivity index is 2.13. The average molecular weight is 175 g/mol. The van der Waals surface area contributed by atoms with Crippen LogP contribution in [0.2, 0.25) is 0 Å². The van der Waals surface area contributed by atoms with Crippen molar-refractivity contribution in [3.8, 4) is 0 Å². The zero-order chi connectivity index (χ0) is 8.10. The Hall–Kier alpha value is -0.140. The smallest absolute Gasteiger partial charge is 0.325 e. The summed E-state index contributed by atoms with van der Waals surface area (Å²) in [4.78, 5) is 15.5. The molecule has 1 unspecified atom stereocenters. The summed E-state index contributed by atoms with van der Waals surface area (Å²) in [6.07, 6.45) is 5.48. The van der Waals surface area contributed by atoms with Gasteiger partial charge in [-0.25, -0.2) is 0 Å². The summed E-state index contributed by atoms with van der Waals surface area (Å²) in [5, 5.41) is 2.31. The summed E-state index contributed by atoms with van der Waals surface area (Å²) in [6.45, 7) is 0. The van der Waals surface area contributed by atoms with E-state index in [1.807, 2.05) is 0 Å². The Morgan fingerprint density at radius 2 is 2.18 bits per heavy atom. The van der Waals surface area contributed by atoms with Crippen LogP contribution < -0.4 is 5.25 Å². The van der Waals surface area contributed by atoms with Crippen molar-refractivity contribution in [2.45, 2.75) is 32.1 Å². The van der Waals surface area contributed by atoms with Gasteiger partial charge >= 0.3 is 5.97 Å². The van der Waals surface area contributed by atoms with Gasteiger partial charge in [-0.1, -0.05) is 12.8 Å². The van der Waals surface area contributed by atoms with E-state index in [0.29, 0.717) is 12.3 Å². The van der Waals surface area contributed by atoms with Gasteiger partial charge in [-0.05, 0) is 28.2 Å². The first-order valence-electron chi connectivity index (χ1n) is 3.98. The minimum absolute atomic E-state index is 0.146. The highest BCUT2D eigenvalue weighted by Gasteiger charge is 2.18. The Labute approximate surface area is 69.1 Å². The maximum absolute atomic E-state index is 10.9. The quantitative estimate of drug-likeness (QED) is 0.520. The first kappa shape index (κ1) is 8.95. The maximum atomic E-state index is 10.9. The lowest BCUT2D eigenvalue weighted by Gasteiger charge is -2.06. The number of carbonyl (C=O) groups is 1. The monoisotopic (exact) mass is 175 g/mol. The third-order valence-electron chi connectivity index (χ3n) is 2.10. The summed E-state index contributed by atoms with van der Waals surface area (Å²) < 4.78 is 0. The van der Waals surface area contributed by atoms with Crippen molar-refractivity contribution in [3.63, 3.8) is 0 Å². The molecule has 1 aliphatic carbocycles. The van der Waals surface area contributed by atoms with Gasteiger partial charge < -0.3 is 4.84 Å². The molecule has 1 aliphatic rings. The normalized spacial score (nSPS) is 18.6. The van der Waals surface area contributed by atoms with Crippen molar-refractivity contribution < 1.29 is 9.63 Å². The summed E-state index contributed by atoms with van der Waals surface area (Å²) in [7, 11) is 2.14. The van der Waals surface area contributed by atoms with Crippen LogP contribution in [0.15, 0.2) is 0 Å². The molecule has 0 aromatic carbocycles. The molecule has 0 radical (unpaired) electrons. The molecular weight excluding hydrogens is 161 g/mol. The molecule has 0 amide bonds. The van der Waals surface area contributed by atoms with Gasteiger partial charge in [0.05, 0.1) is 6.42 Å². The van der Waals surface area contributed by atoms with Crippen LogP contribution in [-0.2, 0) is 9.63 Å². The molecule has 11 heavy (non-hydrogen) atoms. The fourth-order valence-corrected chi connectivity index (χ4v) is 1.69. The predicted octanol–water partition coefficient (Wildman–Crippen LogP) is 1.40. The standard InChI is InChI=1S/C7H14NO2P/c9-7(10-8-11)5-6-3-1-2-4-6/h6,8H,1-5,11H2. The van der Waals surface area contributed by atoms with Gasteiger partial charge in [0.2, 0.25) is 0 Å². The molecule has 0 bridgehead atoms. The van der Waals surface area contributed by atoms with E-state index in [4.69, 9.17) is 0 Å². The van der Waals surface area contributed by atoms with Crippen molar-refractivity contribution in [2.75, 3.05) is 0 Å². The molecule has 1 saturated carbocycles. The minimum atomic E-state index is -0.146. The Kier molecular flexibility index (Phi) is 3.81. The van der Waals surface area contributed by atoms with Gasteiger partial charge in [0.25, 0.3) is 0 Å². The molecule has 1 N–H and O–H groups in total. The van der Waals surface area contributed by atoms with Crippen LogP contribution >= 0.6 is 9.39 Å². The molecule has 1 fully saturated rings. The van der Waals surface area contributed by atoms with E-state index in [2.05, 4.69) is 19.5 Å². The second-order valence-electron chi connectivity index (χ2n) is 2.95. The van der Waals surface area contributed by atoms with Gasteiger partial charge in [0.1, 0.15) is 0 Å². The van der Waals surface area contributed by atoms with Crippen LogP contribution in [0.3, 0.4) is 0 Å². The summed E-state index contributed by atoms with van der Waals surface area (Å²) in [5.41, 5.74) is 0. The van der Waals surface area contributed by atoms with E-state index in [0.717, 1.165) is 0 Å². The zero-order valence-electron chi connectivity index (χ0n) is 6.51. The molecule has 3 nitrogen and oxygen atoms in total. The zero-order valence-corrected chi connectivity index (χ0v) is 7.66. The first-order valence-corrected chi connectivity index (χ1v) is 4.56. The number of nitrogens with one attached hydrogen (secondary N) is 1. The lowest BCUT2D eigenvalue weighted by Crippen LogP contribution is -2.13. The van der Waals surface area contributed by atoms with Crippen LogP contribution in [0, 0.1) is 5.92 Å². The summed E-state index contributed by atoms with van der Waals surface area (Å²) in [5.74, 6) is 0.424. The van der Waals surface area contributed by atoms with E-state index in [9.17, 15) is 4.79 Å². The van der Waals surface area contributed by atoms with Crippen molar-refractivity contribution in [2.24, 2.45) is 5.92 Å². The van der Waals surface area contributed by atoms with Gasteiger partial charge in [-0.15, -0.1) is 5.25 Å². The van der Waals surface area contributed by atoms with Crippen LogP contribution in [-0.4, -0.2) is 5.97 Å². The van der Waals surface area contributed by atoms with E-state index in [1.165, 1.54) is 25.7 Å². The fraction of sp³-hybridized carbons (Fsp3) is 0.857. The number of hydrogen-bond acceptors (Lipinski definition) is 3. The highest BCUT2D eigenvalue weighted by atomic mass is 31.0. The molecule has 64 valence electrons. The lowest BCUT2D eigenvalue weighted by molar-refractivity contribution is -0.147. The SMILES string of the molecule is O=C(CC1CCCC1)ONP. The van der Waals surface area contributed by atoms with E-state index in [-0.39, 0.29) is 5.97 Å². The molecule has 0 saturated heterocycles. The van der Waals surface area contributed by atoms with Gasteiger partial charge in [-0.3, -0.25) is 4.79 Å². The first-order chi connectivity index (χ1) is 5.33. The Bertz CT molecular complexity index is 134. The van der Waals surface area contributed by atoms with Gasteiger partial charge in [0, 0.05) is 0 Å². The van der Waals surface area contributed by atoms with Crippen LogP contribution in [0.1, 0.15) is 32.1 Å². The topological polar surface area (TPSA) is 38.3 Å². The molecular formula is C7H14NO2P. The van der Waals surface area contributed by atoms with Crippen molar-refractivity contribution >= 4 is 15.4 Å². The largest absolute Gasteiger partial charge is 0.368 e. The molecule has 4 heteroatoms. The lowest BCUT2D eigenvalue weighted by atomic mass is 10.1.